The molecule has 1 heteroatoms. The van der Waals surface area contributed by atoms with Crippen LogP contribution < -0.4 is 5.32 Å². The van der Waals surface area contributed by atoms with E-state index in [0.717, 1.165) is 18.4 Å². The van der Waals surface area contributed by atoms with E-state index in [1.165, 1.54) is 36.9 Å². The zero-order valence-corrected chi connectivity index (χ0v) is 14.6. The molecule has 21 heavy (non-hydrogen) atoms. The zero-order chi connectivity index (χ0) is 15.5. The second-order valence-electron chi connectivity index (χ2n) is 7.98. The fraction of sp³-hybridized carbons (Fsp3) is 0.700. The number of benzene rings is 1. The first kappa shape index (κ1) is 16.5. The van der Waals surface area contributed by atoms with Gasteiger partial charge >= 0.3 is 0 Å². The number of nitrogens with one attached hydrogen (secondary N) is 1. The topological polar surface area (TPSA) is 12.0 Å². The fourth-order valence-corrected chi connectivity index (χ4v) is 4.44. The normalized spacial score (nSPS) is 22.0. The van der Waals surface area contributed by atoms with Gasteiger partial charge in [0.05, 0.1) is 0 Å². The third kappa shape index (κ3) is 4.10. The summed E-state index contributed by atoms with van der Waals surface area (Å²) >= 11 is 0. The second-order valence-corrected chi connectivity index (χ2v) is 7.98. The standard InChI is InChI=1S/C20H33N/c1-15(2)12-20(13-16(3)4)10-11-21-14-19(20)18-8-6-17(5)7-9-18/h6-9,15-16,19,21H,10-14H2,1-5H3. The van der Waals surface area contributed by atoms with Crippen LogP contribution in [0.25, 0.3) is 0 Å². The van der Waals surface area contributed by atoms with Gasteiger partial charge in [0.25, 0.3) is 0 Å². The van der Waals surface area contributed by atoms with Gasteiger partial charge in [-0.1, -0.05) is 57.5 Å². The second kappa shape index (κ2) is 6.96. The Morgan fingerprint density at radius 1 is 1.05 bits per heavy atom. The highest BCUT2D eigenvalue weighted by Gasteiger charge is 2.41. The molecule has 1 aromatic carbocycles. The highest BCUT2D eigenvalue weighted by atomic mass is 14.9. The van der Waals surface area contributed by atoms with Gasteiger partial charge in [0, 0.05) is 12.5 Å². The van der Waals surface area contributed by atoms with Gasteiger partial charge in [0.2, 0.25) is 0 Å². The number of rotatable bonds is 5. The summed E-state index contributed by atoms with van der Waals surface area (Å²) in [6.07, 6.45) is 4.03. The molecule has 1 heterocycles. The van der Waals surface area contributed by atoms with Gasteiger partial charge in [-0.15, -0.1) is 0 Å². The van der Waals surface area contributed by atoms with E-state index in [1.807, 2.05) is 0 Å². The third-order valence-corrected chi connectivity index (χ3v) is 5.00. The van der Waals surface area contributed by atoms with Crippen LogP contribution in [0.5, 0.6) is 0 Å². The molecule has 1 fully saturated rings. The molecule has 1 unspecified atom stereocenters. The Balaban J connectivity index is 2.34. The molecule has 1 nitrogen and oxygen atoms in total. The lowest BCUT2D eigenvalue weighted by Crippen LogP contribution is -2.45. The third-order valence-electron chi connectivity index (χ3n) is 5.00. The average molecular weight is 287 g/mol. The molecular weight excluding hydrogens is 254 g/mol. The Labute approximate surface area is 131 Å². The van der Waals surface area contributed by atoms with E-state index < -0.39 is 0 Å². The smallest absolute Gasteiger partial charge is 0.00255 e. The summed E-state index contributed by atoms with van der Waals surface area (Å²) in [6, 6.07) is 9.28. The minimum Gasteiger partial charge on any atom is -0.316 e. The number of aryl methyl sites for hydroxylation is 1. The van der Waals surface area contributed by atoms with Crippen molar-refractivity contribution in [2.45, 2.75) is 59.8 Å². The average Bonchev–Trinajstić information content (AvgIpc) is 2.39. The molecule has 0 radical (unpaired) electrons. The molecule has 0 bridgehead atoms. The van der Waals surface area contributed by atoms with Crippen LogP contribution in [0, 0.1) is 24.2 Å². The minimum atomic E-state index is 0.475. The summed E-state index contributed by atoms with van der Waals surface area (Å²) in [7, 11) is 0. The summed E-state index contributed by atoms with van der Waals surface area (Å²) in [5.74, 6) is 2.21. The molecule has 118 valence electrons. The Hall–Kier alpha value is -0.820. The molecule has 0 amide bonds. The summed E-state index contributed by atoms with van der Waals surface area (Å²) in [4.78, 5) is 0. The maximum absolute atomic E-state index is 3.65. The van der Waals surface area contributed by atoms with E-state index >= 15 is 0 Å². The van der Waals surface area contributed by atoms with Gasteiger partial charge in [-0.3, -0.25) is 0 Å². The van der Waals surface area contributed by atoms with E-state index in [4.69, 9.17) is 0 Å². The molecule has 0 aromatic heterocycles. The van der Waals surface area contributed by atoms with E-state index in [0.29, 0.717) is 11.3 Å². The lowest BCUT2D eigenvalue weighted by atomic mass is 9.60. The summed E-state index contributed by atoms with van der Waals surface area (Å²) in [5.41, 5.74) is 3.37. The van der Waals surface area contributed by atoms with Crippen LogP contribution >= 0.6 is 0 Å². The van der Waals surface area contributed by atoms with Gasteiger partial charge in [-0.05, 0) is 55.5 Å². The first-order valence-corrected chi connectivity index (χ1v) is 8.70. The molecule has 1 atom stereocenters. The molecule has 0 aliphatic carbocycles. The van der Waals surface area contributed by atoms with Gasteiger partial charge in [0.1, 0.15) is 0 Å². The van der Waals surface area contributed by atoms with Crippen molar-refractivity contribution in [3.05, 3.63) is 35.4 Å². The van der Waals surface area contributed by atoms with Crippen LogP contribution in [0.2, 0.25) is 0 Å². The zero-order valence-electron chi connectivity index (χ0n) is 14.6. The quantitative estimate of drug-likeness (QED) is 0.789. The Morgan fingerprint density at radius 3 is 2.14 bits per heavy atom. The highest BCUT2D eigenvalue weighted by Crippen LogP contribution is 2.49. The van der Waals surface area contributed by atoms with Gasteiger partial charge in [0.15, 0.2) is 0 Å². The monoisotopic (exact) mass is 287 g/mol. The maximum atomic E-state index is 3.65. The van der Waals surface area contributed by atoms with Crippen LogP contribution in [0.4, 0.5) is 0 Å². The molecule has 1 aliphatic heterocycles. The van der Waals surface area contributed by atoms with Crippen molar-refractivity contribution in [1.82, 2.24) is 5.32 Å². The Kier molecular flexibility index (Phi) is 5.48. The fourth-order valence-electron chi connectivity index (χ4n) is 4.44. The van der Waals surface area contributed by atoms with Crippen LogP contribution in [-0.4, -0.2) is 13.1 Å². The highest BCUT2D eigenvalue weighted by molar-refractivity contribution is 5.27. The molecule has 1 aromatic rings. The van der Waals surface area contributed by atoms with Crippen molar-refractivity contribution in [3.63, 3.8) is 0 Å². The van der Waals surface area contributed by atoms with E-state index in [2.05, 4.69) is 64.2 Å². The number of hydrogen-bond acceptors (Lipinski definition) is 1. The van der Waals surface area contributed by atoms with E-state index in [9.17, 15) is 0 Å². The van der Waals surface area contributed by atoms with Crippen LogP contribution in [0.3, 0.4) is 0 Å². The number of piperidine rings is 1. The van der Waals surface area contributed by atoms with Gasteiger partial charge in [-0.25, -0.2) is 0 Å². The molecule has 1 saturated heterocycles. The van der Waals surface area contributed by atoms with Gasteiger partial charge < -0.3 is 5.32 Å². The maximum Gasteiger partial charge on any atom is 0.00255 e. The Morgan fingerprint density at radius 2 is 1.62 bits per heavy atom. The van der Waals surface area contributed by atoms with E-state index in [-0.39, 0.29) is 0 Å². The van der Waals surface area contributed by atoms with Crippen molar-refractivity contribution >= 4 is 0 Å². The lowest BCUT2D eigenvalue weighted by molar-refractivity contribution is 0.0971. The number of hydrogen-bond donors (Lipinski definition) is 1. The first-order chi connectivity index (χ1) is 9.93. The summed E-state index contributed by atoms with van der Waals surface area (Å²) in [5, 5.41) is 3.65. The predicted octanol–water partition coefficient (Wildman–Crippen LogP) is 5.15. The van der Waals surface area contributed by atoms with Crippen molar-refractivity contribution in [2.24, 2.45) is 17.3 Å². The molecule has 1 aliphatic rings. The van der Waals surface area contributed by atoms with Crippen LogP contribution in [-0.2, 0) is 0 Å². The first-order valence-electron chi connectivity index (χ1n) is 8.70. The van der Waals surface area contributed by atoms with Gasteiger partial charge in [-0.2, -0.15) is 0 Å². The Bertz CT molecular complexity index is 420. The minimum absolute atomic E-state index is 0.475. The molecule has 0 spiro atoms. The largest absolute Gasteiger partial charge is 0.316 e. The van der Waals surface area contributed by atoms with E-state index in [1.54, 1.807) is 0 Å². The SMILES string of the molecule is Cc1ccc(C2CNCCC2(CC(C)C)CC(C)C)cc1. The molecule has 0 saturated carbocycles. The van der Waals surface area contributed by atoms with Crippen molar-refractivity contribution < 1.29 is 0 Å². The molecule has 1 N–H and O–H groups in total. The lowest BCUT2D eigenvalue weighted by Gasteiger charge is -2.47. The van der Waals surface area contributed by atoms with Crippen LogP contribution in [0.1, 0.15) is 64.0 Å². The molecule has 2 rings (SSSR count). The van der Waals surface area contributed by atoms with Crippen molar-refractivity contribution in [1.29, 1.82) is 0 Å². The summed E-state index contributed by atoms with van der Waals surface area (Å²) < 4.78 is 0. The molecular formula is C20H33N. The van der Waals surface area contributed by atoms with Crippen LogP contribution in [0.15, 0.2) is 24.3 Å². The van der Waals surface area contributed by atoms with Crippen molar-refractivity contribution in [3.8, 4) is 0 Å². The van der Waals surface area contributed by atoms with Crippen molar-refractivity contribution in [2.75, 3.05) is 13.1 Å². The summed E-state index contributed by atoms with van der Waals surface area (Å²) in [6.45, 7) is 14.0. The predicted molar refractivity (Wildman–Crippen MR) is 92.7 cm³/mol.